The first-order valence-corrected chi connectivity index (χ1v) is 8.21. The molecule has 2 rings (SSSR count). The quantitative estimate of drug-likeness (QED) is 0.494. The first kappa shape index (κ1) is 20.2. The van der Waals surface area contributed by atoms with Crippen LogP contribution in [0.3, 0.4) is 0 Å². The molecule has 0 aromatic heterocycles. The fourth-order valence-corrected chi connectivity index (χ4v) is 2.93. The predicted octanol–water partition coefficient (Wildman–Crippen LogP) is 5.62. The van der Waals surface area contributed by atoms with Gasteiger partial charge in [-0.15, -0.1) is 0 Å². The molecule has 0 bridgehead atoms. The third-order valence-corrected chi connectivity index (χ3v) is 4.10. The van der Waals surface area contributed by atoms with Gasteiger partial charge in [-0.05, 0) is 0 Å². The summed E-state index contributed by atoms with van der Waals surface area (Å²) in [5, 5.41) is 0. The van der Waals surface area contributed by atoms with Crippen LogP contribution in [0.5, 0.6) is 0 Å². The van der Waals surface area contributed by atoms with Crippen molar-refractivity contribution in [2.24, 2.45) is 0 Å². The molecule has 118 valence electrons. The monoisotopic (exact) mass is 326 g/mol. The standard InChI is InChI=1S/C13H21.C7H9.Fe/c1-5-10-9-11(6-2)13(8-4)12(10)7-3;1-2-7-5-3-4-6-7;/h9H,5-8H2,1-4H3;3-6H,2H2,1H3;/q2*-1;+2. The zero-order valence-electron chi connectivity index (χ0n) is 14.3. The minimum Gasteiger partial charge on any atom is -0.213 e. The van der Waals surface area contributed by atoms with E-state index >= 15 is 0 Å². The van der Waals surface area contributed by atoms with Gasteiger partial charge < -0.3 is 0 Å². The van der Waals surface area contributed by atoms with Crippen LogP contribution in [0.4, 0.5) is 0 Å². The summed E-state index contributed by atoms with van der Waals surface area (Å²) in [7, 11) is 0. The van der Waals surface area contributed by atoms with Gasteiger partial charge in [-0.2, -0.15) is 39.9 Å². The molecule has 0 amide bonds. The second kappa shape index (κ2) is 10.9. The third-order valence-electron chi connectivity index (χ3n) is 4.10. The van der Waals surface area contributed by atoms with Crippen LogP contribution in [0.1, 0.15) is 62.4 Å². The van der Waals surface area contributed by atoms with Crippen LogP contribution in [0.15, 0.2) is 30.3 Å². The Bertz CT molecular complexity index is 448. The van der Waals surface area contributed by atoms with Gasteiger partial charge in [-0.1, -0.05) is 66.7 Å². The van der Waals surface area contributed by atoms with Crippen molar-refractivity contribution in [2.75, 3.05) is 0 Å². The molecule has 0 aliphatic rings. The number of aryl methyl sites for hydroxylation is 3. The van der Waals surface area contributed by atoms with E-state index in [1.165, 1.54) is 31.2 Å². The SMILES string of the molecule is CCc1cc(CC)[c-](CC)c1CC.CCc1ccc[cH-]1.[Fe+2]. The number of rotatable bonds is 5. The molecule has 0 N–H and O–H groups in total. The summed E-state index contributed by atoms with van der Waals surface area (Å²) in [6, 6.07) is 10.8. The van der Waals surface area contributed by atoms with Gasteiger partial charge in [-0.3, -0.25) is 0 Å². The Kier molecular flexibility index (Phi) is 10.5. The normalized spacial score (nSPS) is 9.76. The van der Waals surface area contributed by atoms with E-state index in [1.807, 2.05) is 0 Å². The molecule has 21 heavy (non-hydrogen) atoms. The molecule has 0 unspecified atom stereocenters. The minimum atomic E-state index is 0. The van der Waals surface area contributed by atoms with Gasteiger partial charge in [0.25, 0.3) is 0 Å². The number of hydrogen-bond donors (Lipinski definition) is 0. The maximum Gasteiger partial charge on any atom is 2.00 e. The zero-order chi connectivity index (χ0) is 15.0. The average molecular weight is 326 g/mol. The fraction of sp³-hybridized carbons (Fsp3) is 0.500. The molecule has 0 heterocycles. The van der Waals surface area contributed by atoms with E-state index < -0.39 is 0 Å². The number of hydrogen-bond acceptors (Lipinski definition) is 0. The van der Waals surface area contributed by atoms with Crippen molar-refractivity contribution < 1.29 is 17.1 Å². The van der Waals surface area contributed by atoms with Crippen LogP contribution in [-0.2, 0) is 49.2 Å². The molecule has 0 spiro atoms. The van der Waals surface area contributed by atoms with E-state index in [4.69, 9.17) is 0 Å². The van der Waals surface area contributed by atoms with E-state index in [1.54, 1.807) is 22.3 Å². The second-order valence-electron chi connectivity index (χ2n) is 5.21. The molecule has 0 aliphatic heterocycles. The molecule has 0 radical (unpaired) electrons. The topological polar surface area (TPSA) is 0 Å². The summed E-state index contributed by atoms with van der Waals surface area (Å²) < 4.78 is 0. The largest absolute Gasteiger partial charge is 2.00 e. The van der Waals surface area contributed by atoms with Crippen molar-refractivity contribution in [3.63, 3.8) is 0 Å². The molecule has 0 atom stereocenters. The summed E-state index contributed by atoms with van der Waals surface area (Å²) in [5.41, 5.74) is 7.84. The Morgan fingerprint density at radius 1 is 0.952 bits per heavy atom. The maximum absolute atomic E-state index is 2.41. The van der Waals surface area contributed by atoms with E-state index in [0.29, 0.717) is 0 Å². The molecule has 0 saturated heterocycles. The van der Waals surface area contributed by atoms with Gasteiger partial charge >= 0.3 is 17.1 Å². The van der Waals surface area contributed by atoms with Crippen molar-refractivity contribution in [1.82, 2.24) is 0 Å². The van der Waals surface area contributed by atoms with Gasteiger partial charge in [0.2, 0.25) is 0 Å². The Morgan fingerprint density at radius 3 is 2.00 bits per heavy atom. The van der Waals surface area contributed by atoms with Gasteiger partial charge in [0, 0.05) is 0 Å². The summed E-state index contributed by atoms with van der Waals surface area (Å²) in [6.07, 6.45) is 5.94. The molecule has 0 fully saturated rings. The molecule has 2 aromatic carbocycles. The first-order chi connectivity index (χ1) is 9.71. The predicted molar refractivity (Wildman–Crippen MR) is 91.0 cm³/mol. The van der Waals surface area contributed by atoms with Gasteiger partial charge in [-0.25, -0.2) is 18.2 Å². The minimum absolute atomic E-state index is 0. The molecule has 0 saturated carbocycles. The van der Waals surface area contributed by atoms with E-state index in [0.717, 1.165) is 6.42 Å². The van der Waals surface area contributed by atoms with Crippen molar-refractivity contribution in [2.45, 2.75) is 66.7 Å². The van der Waals surface area contributed by atoms with E-state index in [2.05, 4.69) is 65.0 Å². The molecular formula is C20H30Fe. The van der Waals surface area contributed by atoms with Gasteiger partial charge in [0.1, 0.15) is 0 Å². The zero-order valence-corrected chi connectivity index (χ0v) is 15.4. The fourth-order valence-electron chi connectivity index (χ4n) is 2.93. The van der Waals surface area contributed by atoms with Crippen LogP contribution in [0, 0.1) is 0 Å². The van der Waals surface area contributed by atoms with E-state index in [-0.39, 0.29) is 17.1 Å². The Hall–Kier alpha value is -0.781. The van der Waals surface area contributed by atoms with Crippen LogP contribution in [0.2, 0.25) is 0 Å². The average Bonchev–Trinajstić information content (AvgIpc) is 3.13. The van der Waals surface area contributed by atoms with E-state index in [9.17, 15) is 0 Å². The van der Waals surface area contributed by atoms with Crippen molar-refractivity contribution in [3.05, 3.63) is 58.1 Å². The second-order valence-corrected chi connectivity index (χ2v) is 5.21. The first-order valence-electron chi connectivity index (χ1n) is 8.21. The summed E-state index contributed by atoms with van der Waals surface area (Å²) in [5.74, 6) is 0. The Labute approximate surface area is 142 Å². The van der Waals surface area contributed by atoms with Crippen LogP contribution >= 0.6 is 0 Å². The van der Waals surface area contributed by atoms with Crippen molar-refractivity contribution in [3.8, 4) is 0 Å². The van der Waals surface area contributed by atoms with Crippen LogP contribution in [0.25, 0.3) is 0 Å². The molecule has 1 heteroatoms. The molecule has 0 nitrogen and oxygen atoms in total. The van der Waals surface area contributed by atoms with Gasteiger partial charge in [0.15, 0.2) is 0 Å². The summed E-state index contributed by atoms with van der Waals surface area (Å²) in [6.45, 7) is 11.2. The Morgan fingerprint density at radius 2 is 1.67 bits per heavy atom. The molecular weight excluding hydrogens is 296 g/mol. The maximum atomic E-state index is 2.41. The van der Waals surface area contributed by atoms with Crippen molar-refractivity contribution >= 4 is 0 Å². The van der Waals surface area contributed by atoms with Crippen LogP contribution in [-0.4, -0.2) is 0 Å². The third kappa shape index (κ3) is 5.49. The summed E-state index contributed by atoms with van der Waals surface area (Å²) in [4.78, 5) is 0. The van der Waals surface area contributed by atoms with Crippen LogP contribution < -0.4 is 0 Å². The molecule has 2 aromatic rings. The smallest absolute Gasteiger partial charge is 0.213 e. The van der Waals surface area contributed by atoms with Gasteiger partial charge in [0.05, 0.1) is 0 Å². The van der Waals surface area contributed by atoms with Crippen molar-refractivity contribution in [1.29, 1.82) is 0 Å². The summed E-state index contributed by atoms with van der Waals surface area (Å²) >= 11 is 0. The molecule has 0 aliphatic carbocycles. The Balaban J connectivity index is 0.000000425.